The molecule has 0 radical (unpaired) electrons. The number of unbranched alkanes of at least 4 members (excludes halogenated alkanes) is 3. The molecule has 0 bridgehead atoms. The predicted molar refractivity (Wildman–Crippen MR) is 68.8 cm³/mol. The summed E-state index contributed by atoms with van der Waals surface area (Å²) in [6.45, 7) is 2.18. The number of nitrogens with zero attached hydrogens (tertiary/aromatic N) is 1. The molecule has 0 aromatic heterocycles. The van der Waals surface area contributed by atoms with Crippen LogP contribution in [0.25, 0.3) is 0 Å². The van der Waals surface area contributed by atoms with Crippen molar-refractivity contribution >= 4 is 5.69 Å². The van der Waals surface area contributed by atoms with Crippen molar-refractivity contribution in [3.8, 4) is 0 Å². The summed E-state index contributed by atoms with van der Waals surface area (Å²) < 4.78 is 0. The lowest BCUT2D eigenvalue weighted by atomic mass is 10.0. The molecule has 0 amide bonds. The largest absolute Gasteiger partial charge is 0.324 e. The van der Waals surface area contributed by atoms with Crippen molar-refractivity contribution in [2.45, 2.75) is 45.1 Å². The maximum Gasteiger partial charge on any atom is 0.269 e. The van der Waals surface area contributed by atoms with Gasteiger partial charge in [-0.1, -0.05) is 44.7 Å². The first-order valence-electron chi connectivity index (χ1n) is 6.15. The highest BCUT2D eigenvalue weighted by molar-refractivity contribution is 5.34. The van der Waals surface area contributed by atoms with E-state index in [2.05, 4.69) is 6.92 Å². The maximum absolute atomic E-state index is 10.5. The van der Waals surface area contributed by atoms with Gasteiger partial charge in [-0.05, 0) is 12.0 Å². The van der Waals surface area contributed by atoms with Gasteiger partial charge >= 0.3 is 0 Å². The van der Waals surface area contributed by atoms with Crippen LogP contribution < -0.4 is 5.73 Å². The van der Waals surface area contributed by atoms with Crippen LogP contribution in [0.4, 0.5) is 5.69 Å². The number of non-ortho nitro benzene ring substituents is 1. The lowest BCUT2D eigenvalue weighted by molar-refractivity contribution is -0.384. The summed E-state index contributed by atoms with van der Waals surface area (Å²) in [5, 5.41) is 10.5. The van der Waals surface area contributed by atoms with Crippen molar-refractivity contribution in [3.05, 3.63) is 39.9 Å². The zero-order valence-electron chi connectivity index (χ0n) is 10.3. The number of hydrogen-bond acceptors (Lipinski definition) is 3. The topological polar surface area (TPSA) is 69.2 Å². The van der Waals surface area contributed by atoms with Crippen molar-refractivity contribution in [2.75, 3.05) is 0 Å². The molecule has 0 heterocycles. The quantitative estimate of drug-likeness (QED) is 0.447. The monoisotopic (exact) mass is 236 g/mol. The highest BCUT2D eigenvalue weighted by Crippen LogP contribution is 2.20. The van der Waals surface area contributed by atoms with E-state index in [9.17, 15) is 10.1 Å². The molecule has 1 unspecified atom stereocenters. The van der Waals surface area contributed by atoms with Crippen molar-refractivity contribution in [1.82, 2.24) is 0 Å². The molecule has 0 spiro atoms. The van der Waals surface area contributed by atoms with Crippen molar-refractivity contribution in [2.24, 2.45) is 5.73 Å². The van der Waals surface area contributed by atoms with E-state index < -0.39 is 4.92 Å². The molecule has 0 aliphatic heterocycles. The van der Waals surface area contributed by atoms with Crippen LogP contribution in [0.15, 0.2) is 24.3 Å². The van der Waals surface area contributed by atoms with E-state index in [1.54, 1.807) is 12.1 Å². The number of rotatable bonds is 7. The average molecular weight is 236 g/mol. The SMILES string of the molecule is CCCCCCC(N)c1ccc([N+](=O)[O-])cc1. The van der Waals surface area contributed by atoms with E-state index in [4.69, 9.17) is 5.73 Å². The lowest BCUT2D eigenvalue weighted by Crippen LogP contribution is -2.10. The molecule has 0 aliphatic carbocycles. The first kappa shape index (κ1) is 13.6. The van der Waals surface area contributed by atoms with Crippen molar-refractivity contribution in [1.29, 1.82) is 0 Å². The summed E-state index contributed by atoms with van der Waals surface area (Å²) in [6, 6.07) is 6.53. The smallest absolute Gasteiger partial charge is 0.269 e. The van der Waals surface area contributed by atoms with E-state index in [-0.39, 0.29) is 11.7 Å². The second-order valence-electron chi connectivity index (χ2n) is 4.30. The summed E-state index contributed by atoms with van der Waals surface area (Å²) >= 11 is 0. The number of hydrogen-bond donors (Lipinski definition) is 1. The molecule has 4 heteroatoms. The maximum atomic E-state index is 10.5. The van der Waals surface area contributed by atoms with Crippen LogP contribution in [0.3, 0.4) is 0 Å². The van der Waals surface area contributed by atoms with Gasteiger partial charge in [0.25, 0.3) is 5.69 Å². The van der Waals surface area contributed by atoms with Crippen LogP contribution in [0.1, 0.15) is 50.6 Å². The standard InChI is InChI=1S/C13H20N2O2/c1-2-3-4-5-6-13(14)11-7-9-12(10-8-11)15(16)17/h7-10,13H,2-6,14H2,1H3. The summed E-state index contributed by atoms with van der Waals surface area (Å²) in [7, 11) is 0. The van der Waals surface area contributed by atoms with Gasteiger partial charge in [-0.15, -0.1) is 0 Å². The van der Waals surface area contributed by atoms with Gasteiger partial charge in [-0.2, -0.15) is 0 Å². The van der Waals surface area contributed by atoms with Gasteiger partial charge in [0.1, 0.15) is 0 Å². The molecule has 1 aromatic rings. The fraction of sp³-hybridized carbons (Fsp3) is 0.538. The fourth-order valence-corrected chi connectivity index (χ4v) is 1.80. The third-order valence-corrected chi connectivity index (χ3v) is 2.90. The molecule has 17 heavy (non-hydrogen) atoms. The Hall–Kier alpha value is -1.42. The Labute approximate surface area is 102 Å². The van der Waals surface area contributed by atoms with Gasteiger partial charge in [0.05, 0.1) is 4.92 Å². The lowest BCUT2D eigenvalue weighted by Gasteiger charge is -2.11. The van der Waals surface area contributed by atoms with E-state index in [0.717, 1.165) is 18.4 Å². The number of nitro groups is 1. The zero-order valence-corrected chi connectivity index (χ0v) is 10.3. The first-order valence-corrected chi connectivity index (χ1v) is 6.15. The van der Waals surface area contributed by atoms with E-state index in [1.165, 1.54) is 31.4 Å². The highest BCUT2D eigenvalue weighted by Gasteiger charge is 2.08. The molecule has 0 fully saturated rings. The number of nitro benzene ring substituents is 1. The molecule has 94 valence electrons. The molecular formula is C13H20N2O2. The van der Waals surface area contributed by atoms with Crippen molar-refractivity contribution < 1.29 is 4.92 Å². The third kappa shape index (κ3) is 4.53. The van der Waals surface area contributed by atoms with Gasteiger partial charge in [-0.3, -0.25) is 10.1 Å². The first-order chi connectivity index (χ1) is 8.15. The normalized spacial score (nSPS) is 12.4. The number of benzene rings is 1. The molecule has 1 atom stereocenters. The molecular weight excluding hydrogens is 216 g/mol. The second-order valence-corrected chi connectivity index (χ2v) is 4.30. The van der Waals surface area contributed by atoms with Crippen LogP contribution >= 0.6 is 0 Å². The Morgan fingerprint density at radius 3 is 2.41 bits per heavy atom. The zero-order chi connectivity index (χ0) is 12.7. The second kappa shape index (κ2) is 7.01. The van der Waals surface area contributed by atoms with E-state index in [1.807, 2.05) is 0 Å². The van der Waals surface area contributed by atoms with Crippen LogP contribution in [-0.4, -0.2) is 4.92 Å². The molecule has 1 aromatic carbocycles. The Morgan fingerprint density at radius 1 is 1.24 bits per heavy atom. The minimum absolute atomic E-state index is 0.00680. The van der Waals surface area contributed by atoms with Crippen LogP contribution in [0.2, 0.25) is 0 Å². The Kier molecular flexibility index (Phi) is 5.63. The van der Waals surface area contributed by atoms with Gasteiger partial charge in [0.15, 0.2) is 0 Å². The van der Waals surface area contributed by atoms with Gasteiger partial charge < -0.3 is 5.73 Å². The third-order valence-electron chi connectivity index (χ3n) is 2.90. The van der Waals surface area contributed by atoms with Crippen LogP contribution in [-0.2, 0) is 0 Å². The molecule has 0 saturated carbocycles. The van der Waals surface area contributed by atoms with E-state index >= 15 is 0 Å². The summed E-state index contributed by atoms with van der Waals surface area (Å²) in [5.74, 6) is 0. The van der Waals surface area contributed by atoms with Crippen molar-refractivity contribution in [3.63, 3.8) is 0 Å². The Balaban J connectivity index is 2.46. The molecule has 2 N–H and O–H groups in total. The summed E-state index contributed by atoms with van der Waals surface area (Å²) in [6.07, 6.45) is 5.72. The fourth-order valence-electron chi connectivity index (χ4n) is 1.80. The summed E-state index contributed by atoms with van der Waals surface area (Å²) in [4.78, 5) is 10.1. The Morgan fingerprint density at radius 2 is 1.88 bits per heavy atom. The minimum atomic E-state index is -0.392. The average Bonchev–Trinajstić information content (AvgIpc) is 2.34. The molecule has 1 rings (SSSR count). The summed E-state index contributed by atoms with van der Waals surface area (Å²) in [5.41, 5.74) is 7.13. The minimum Gasteiger partial charge on any atom is -0.324 e. The van der Waals surface area contributed by atoms with Gasteiger partial charge in [-0.25, -0.2) is 0 Å². The Bertz CT molecular complexity index is 349. The van der Waals surface area contributed by atoms with Gasteiger partial charge in [0, 0.05) is 18.2 Å². The number of nitrogens with two attached hydrogens (primary N) is 1. The predicted octanol–water partition coefficient (Wildman–Crippen LogP) is 3.57. The molecule has 0 saturated heterocycles. The van der Waals surface area contributed by atoms with Crippen LogP contribution in [0.5, 0.6) is 0 Å². The molecule has 0 aliphatic rings. The van der Waals surface area contributed by atoms with Crippen LogP contribution in [0, 0.1) is 10.1 Å². The van der Waals surface area contributed by atoms with E-state index in [0.29, 0.717) is 0 Å². The van der Waals surface area contributed by atoms with Gasteiger partial charge in [0.2, 0.25) is 0 Å². The highest BCUT2D eigenvalue weighted by atomic mass is 16.6. The molecule has 4 nitrogen and oxygen atoms in total.